The van der Waals surface area contributed by atoms with Crippen molar-refractivity contribution in [3.63, 3.8) is 0 Å². The minimum atomic E-state index is -3.31. The maximum Gasteiger partial charge on any atom is 0.331 e. The Morgan fingerprint density at radius 3 is 2.00 bits per heavy atom. The van der Waals surface area contributed by atoms with Gasteiger partial charge in [-0.05, 0) is 6.92 Å². The molecule has 0 aromatic rings. The Bertz CT molecular complexity index is 259. The van der Waals surface area contributed by atoms with Gasteiger partial charge in [0.2, 0.25) is 0 Å². The Balaban J connectivity index is 4.66. The van der Waals surface area contributed by atoms with Crippen LogP contribution in [0.3, 0.4) is 0 Å². The monoisotopic (exact) mass is 164 g/mol. The van der Waals surface area contributed by atoms with E-state index in [9.17, 15) is 13.2 Å². The maximum atomic E-state index is 10.4. The quantitative estimate of drug-likeness (QED) is 0.584. The topological polar surface area (TPSA) is 71.4 Å². The number of aliphatic carboxylic acids is 1. The molecule has 0 bridgehead atoms. The summed E-state index contributed by atoms with van der Waals surface area (Å²) in [6, 6.07) is 0. The number of hydrogen-bond acceptors (Lipinski definition) is 3. The summed E-state index contributed by atoms with van der Waals surface area (Å²) < 4.78 is 20.8. The number of sulfone groups is 1. The van der Waals surface area contributed by atoms with Crippen molar-refractivity contribution < 1.29 is 18.3 Å². The number of hydrogen-bond donors (Lipinski definition) is 1. The van der Waals surface area contributed by atoms with Crippen LogP contribution in [-0.4, -0.2) is 25.7 Å². The Morgan fingerprint density at radius 1 is 1.50 bits per heavy atom. The summed E-state index contributed by atoms with van der Waals surface area (Å²) in [5.41, 5.74) is -0.178. The standard InChI is InChI=1S/C5H8O4S/c1-4(5(6)7)3-10(2,8)9/h3H,1-2H3,(H,6,7). The van der Waals surface area contributed by atoms with Crippen LogP contribution in [0.2, 0.25) is 0 Å². The van der Waals surface area contributed by atoms with E-state index < -0.39 is 15.8 Å². The molecule has 0 spiro atoms. The molecule has 0 saturated carbocycles. The zero-order chi connectivity index (χ0) is 8.36. The van der Waals surface area contributed by atoms with Crippen LogP contribution in [0.25, 0.3) is 0 Å². The minimum Gasteiger partial charge on any atom is -0.478 e. The van der Waals surface area contributed by atoms with E-state index in [4.69, 9.17) is 5.11 Å². The van der Waals surface area contributed by atoms with Gasteiger partial charge in [0, 0.05) is 17.2 Å². The van der Waals surface area contributed by atoms with Crippen molar-refractivity contribution in [1.82, 2.24) is 0 Å². The van der Waals surface area contributed by atoms with Gasteiger partial charge in [0.05, 0.1) is 0 Å². The highest BCUT2D eigenvalue weighted by Crippen LogP contribution is 1.95. The third-order valence-corrected chi connectivity index (χ3v) is 1.51. The van der Waals surface area contributed by atoms with Gasteiger partial charge in [-0.2, -0.15) is 0 Å². The van der Waals surface area contributed by atoms with Gasteiger partial charge in [-0.3, -0.25) is 0 Å². The Morgan fingerprint density at radius 2 is 1.90 bits per heavy atom. The fourth-order valence-electron chi connectivity index (χ4n) is 0.372. The molecule has 0 aliphatic rings. The summed E-state index contributed by atoms with van der Waals surface area (Å²) in [6.07, 6.45) is 0.944. The van der Waals surface area contributed by atoms with Gasteiger partial charge < -0.3 is 5.11 Å². The molecule has 0 rings (SSSR count). The van der Waals surface area contributed by atoms with E-state index in [1.54, 1.807) is 0 Å². The number of carboxylic acids is 1. The van der Waals surface area contributed by atoms with Crippen molar-refractivity contribution in [2.45, 2.75) is 6.92 Å². The second-order valence-corrected chi connectivity index (χ2v) is 3.83. The molecule has 0 aliphatic heterocycles. The zero-order valence-corrected chi connectivity index (χ0v) is 6.47. The van der Waals surface area contributed by atoms with Gasteiger partial charge in [0.15, 0.2) is 9.84 Å². The van der Waals surface area contributed by atoms with E-state index in [1.165, 1.54) is 6.92 Å². The molecule has 0 atom stereocenters. The van der Waals surface area contributed by atoms with Crippen molar-refractivity contribution in [3.05, 3.63) is 11.0 Å². The lowest BCUT2D eigenvalue weighted by Crippen LogP contribution is -2.00. The number of carbonyl (C=O) groups is 1. The molecular formula is C5H8O4S. The molecule has 0 heterocycles. The molecule has 0 radical (unpaired) electrons. The first-order valence-corrected chi connectivity index (χ1v) is 4.40. The molecule has 1 N–H and O–H groups in total. The molecule has 0 fully saturated rings. The molecule has 0 amide bonds. The third kappa shape index (κ3) is 4.08. The van der Waals surface area contributed by atoms with Gasteiger partial charge in [-0.1, -0.05) is 0 Å². The van der Waals surface area contributed by atoms with Crippen LogP contribution in [0.5, 0.6) is 0 Å². The van der Waals surface area contributed by atoms with Crippen LogP contribution in [-0.2, 0) is 14.6 Å². The summed E-state index contributed by atoms with van der Waals surface area (Å²) in [5, 5.41) is 8.93. The minimum absolute atomic E-state index is 0.178. The first-order valence-electron chi connectivity index (χ1n) is 2.44. The molecule has 0 saturated heterocycles. The first kappa shape index (κ1) is 9.16. The molecule has 10 heavy (non-hydrogen) atoms. The highest BCUT2D eigenvalue weighted by Gasteiger charge is 2.03. The maximum absolute atomic E-state index is 10.4. The highest BCUT2D eigenvalue weighted by molar-refractivity contribution is 7.93. The van der Waals surface area contributed by atoms with Crippen molar-refractivity contribution in [2.24, 2.45) is 0 Å². The molecule has 0 unspecified atom stereocenters. The third-order valence-electron chi connectivity index (χ3n) is 0.728. The molecule has 4 nitrogen and oxygen atoms in total. The van der Waals surface area contributed by atoms with Gasteiger partial charge in [-0.15, -0.1) is 0 Å². The average Bonchev–Trinajstić information content (AvgIpc) is 1.60. The predicted molar refractivity (Wildman–Crippen MR) is 36.2 cm³/mol. The normalized spacial score (nSPS) is 13.2. The smallest absolute Gasteiger partial charge is 0.331 e. The van der Waals surface area contributed by atoms with E-state index in [0.717, 1.165) is 11.7 Å². The average molecular weight is 164 g/mol. The Kier molecular flexibility index (Phi) is 2.59. The highest BCUT2D eigenvalue weighted by atomic mass is 32.2. The molecular weight excluding hydrogens is 156 g/mol. The van der Waals surface area contributed by atoms with Gasteiger partial charge in [0.1, 0.15) is 0 Å². The van der Waals surface area contributed by atoms with Gasteiger partial charge in [0.25, 0.3) is 0 Å². The van der Waals surface area contributed by atoms with Crippen molar-refractivity contribution in [3.8, 4) is 0 Å². The van der Waals surface area contributed by atoms with E-state index in [0.29, 0.717) is 0 Å². The van der Waals surface area contributed by atoms with E-state index >= 15 is 0 Å². The van der Waals surface area contributed by atoms with E-state index in [2.05, 4.69) is 0 Å². The molecule has 5 heteroatoms. The lowest BCUT2D eigenvalue weighted by atomic mass is 10.4. The van der Waals surface area contributed by atoms with Crippen LogP contribution >= 0.6 is 0 Å². The summed E-state index contributed by atoms with van der Waals surface area (Å²) in [7, 11) is -3.31. The Hall–Kier alpha value is -0.840. The van der Waals surface area contributed by atoms with Crippen LogP contribution in [0.1, 0.15) is 6.92 Å². The van der Waals surface area contributed by atoms with Crippen LogP contribution < -0.4 is 0 Å². The second kappa shape index (κ2) is 2.83. The first-order chi connectivity index (χ1) is 4.33. The van der Waals surface area contributed by atoms with Crippen molar-refractivity contribution in [2.75, 3.05) is 6.26 Å². The summed E-state index contributed by atoms with van der Waals surface area (Å²) in [4.78, 5) is 10.0. The molecule has 0 aliphatic carbocycles. The van der Waals surface area contributed by atoms with Gasteiger partial charge >= 0.3 is 5.97 Å². The fourth-order valence-corrected chi connectivity index (χ4v) is 1.11. The van der Waals surface area contributed by atoms with Crippen LogP contribution in [0.15, 0.2) is 11.0 Å². The SMILES string of the molecule is CC(=CS(C)(=O)=O)C(=O)O. The van der Waals surface area contributed by atoms with Crippen LogP contribution in [0.4, 0.5) is 0 Å². The van der Waals surface area contributed by atoms with Crippen molar-refractivity contribution in [1.29, 1.82) is 0 Å². The zero-order valence-electron chi connectivity index (χ0n) is 5.66. The second-order valence-electron chi connectivity index (χ2n) is 1.94. The van der Waals surface area contributed by atoms with Gasteiger partial charge in [-0.25, -0.2) is 13.2 Å². The predicted octanol–water partition coefficient (Wildman–Crippen LogP) is 0.0194. The Labute approximate surface area is 59.1 Å². The lowest BCUT2D eigenvalue weighted by molar-refractivity contribution is -0.132. The number of carboxylic acid groups (broad SMARTS) is 1. The van der Waals surface area contributed by atoms with E-state index in [-0.39, 0.29) is 5.57 Å². The van der Waals surface area contributed by atoms with Crippen molar-refractivity contribution >= 4 is 15.8 Å². The summed E-state index contributed by atoms with van der Waals surface area (Å²) in [6.45, 7) is 1.23. The number of rotatable bonds is 2. The molecule has 0 aromatic heterocycles. The summed E-state index contributed by atoms with van der Waals surface area (Å²) >= 11 is 0. The largest absolute Gasteiger partial charge is 0.478 e. The summed E-state index contributed by atoms with van der Waals surface area (Å²) in [5.74, 6) is -1.22. The van der Waals surface area contributed by atoms with E-state index in [1.807, 2.05) is 0 Å². The lowest BCUT2D eigenvalue weighted by Gasteiger charge is -1.89. The fraction of sp³-hybridized carbons (Fsp3) is 0.400. The molecule has 0 aromatic carbocycles. The molecule has 58 valence electrons. The van der Waals surface area contributed by atoms with Crippen LogP contribution in [0, 0.1) is 0 Å².